The maximum atomic E-state index is 11.8. The van der Waals surface area contributed by atoms with Crippen molar-refractivity contribution in [2.75, 3.05) is 11.1 Å². The van der Waals surface area contributed by atoms with E-state index >= 15 is 0 Å². The van der Waals surface area contributed by atoms with Crippen LogP contribution in [0.4, 0.5) is 5.69 Å². The molecule has 3 N–H and O–H groups in total. The molecule has 6 nitrogen and oxygen atoms in total. The molecule has 0 radical (unpaired) electrons. The summed E-state index contributed by atoms with van der Waals surface area (Å²) in [7, 11) is -3.56. The van der Waals surface area contributed by atoms with Gasteiger partial charge in [-0.3, -0.25) is 9.59 Å². The largest absolute Gasteiger partial charge is 0.366 e. The number of nitrogens with one attached hydrogen (secondary N) is 1. The van der Waals surface area contributed by atoms with Crippen LogP contribution in [-0.4, -0.2) is 31.2 Å². The van der Waals surface area contributed by atoms with Gasteiger partial charge in [0.2, 0.25) is 11.8 Å². The minimum Gasteiger partial charge on any atom is -0.366 e. The summed E-state index contributed by atoms with van der Waals surface area (Å²) in [6.45, 7) is 4.65. The maximum absolute atomic E-state index is 11.8. The number of nitrogens with two attached hydrogens (primary N) is 1. The van der Waals surface area contributed by atoms with E-state index in [0.717, 1.165) is 0 Å². The van der Waals surface area contributed by atoms with Gasteiger partial charge >= 0.3 is 0 Å². The predicted octanol–water partition coefficient (Wildman–Crippen LogP) is 0.713. The molecule has 7 heteroatoms. The summed E-state index contributed by atoms with van der Waals surface area (Å²) in [5, 5.41) is 1.28. The van der Waals surface area contributed by atoms with E-state index in [1.165, 1.54) is 37.3 Å². The van der Waals surface area contributed by atoms with E-state index in [1.54, 1.807) is 0 Å². The van der Waals surface area contributed by atoms with Crippen LogP contribution in [0.15, 0.2) is 36.9 Å². The minimum absolute atomic E-state index is 0.262. The SMILES string of the molecule is C=CCS(=O)(=O)C(C)C(=O)Nc1ccc(C(N)=O)cc1. The number of benzene rings is 1. The Hall–Kier alpha value is -2.15. The maximum Gasteiger partial charge on any atom is 0.248 e. The summed E-state index contributed by atoms with van der Waals surface area (Å²) in [6, 6.07) is 5.84. The third kappa shape index (κ3) is 3.92. The van der Waals surface area contributed by atoms with Gasteiger partial charge in [0, 0.05) is 11.3 Å². The topological polar surface area (TPSA) is 106 Å². The average Bonchev–Trinajstić information content (AvgIpc) is 2.38. The van der Waals surface area contributed by atoms with Crippen molar-refractivity contribution < 1.29 is 18.0 Å². The van der Waals surface area contributed by atoms with E-state index in [-0.39, 0.29) is 5.75 Å². The summed E-state index contributed by atoms with van der Waals surface area (Å²) in [6.07, 6.45) is 1.24. The first-order valence-corrected chi connectivity index (χ1v) is 7.52. The van der Waals surface area contributed by atoms with Gasteiger partial charge in [-0.05, 0) is 31.2 Å². The first-order chi connectivity index (χ1) is 9.27. The van der Waals surface area contributed by atoms with Gasteiger partial charge in [0.05, 0.1) is 5.75 Å². The fraction of sp³-hybridized carbons (Fsp3) is 0.231. The number of hydrogen-bond donors (Lipinski definition) is 2. The summed E-state index contributed by atoms with van der Waals surface area (Å²) in [4.78, 5) is 22.7. The van der Waals surface area contributed by atoms with Gasteiger partial charge in [-0.2, -0.15) is 0 Å². The lowest BCUT2D eigenvalue weighted by Gasteiger charge is -2.12. The van der Waals surface area contributed by atoms with Gasteiger partial charge < -0.3 is 11.1 Å². The number of carbonyl (C=O) groups is 2. The summed E-state index contributed by atoms with van der Waals surface area (Å²) >= 11 is 0. The highest BCUT2D eigenvalue weighted by Gasteiger charge is 2.26. The van der Waals surface area contributed by atoms with Crippen LogP contribution in [0.2, 0.25) is 0 Å². The molecular weight excluding hydrogens is 280 g/mol. The van der Waals surface area contributed by atoms with E-state index in [1.807, 2.05) is 0 Å². The number of hydrogen-bond acceptors (Lipinski definition) is 4. The summed E-state index contributed by atoms with van der Waals surface area (Å²) in [5.41, 5.74) is 5.78. The molecule has 0 saturated carbocycles. The molecule has 0 bridgehead atoms. The number of rotatable bonds is 6. The van der Waals surface area contributed by atoms with Crippen LogP contribution in [0.5, 0.6) is 0 Å². The Morgan fingerprint density at radius 2 is 1.90 bits per heavy atom. The molecule has 0 aliphatic heterocycles. The molecule has 1 aromatic carbocycles. The third-order valence-electron chi connectivity index (χ3n) is 2.70. The smallest absolute Gasteiger partial charge is 0.248 e. The first kappa shape index (κ1) is 15.9. The van der Waals surface area contributed by atoms with Crippen LogP contribution in [0.25, 0.3) is 0 Å². The molecule has 2 amide bonds. The Kier molecular flexibility index (Phi) is 5.04. The van der Waals surface area contributed by atoms with E-state index in [9.17, 15) is 18.0 Å². The zero-order valence-electron chi connectivity index (χ0n) is 11.0. The van der Waals surface area contributed by atoms with Crippen molar-refractivity contribution in [2.24, 2.45) is 5.73 Å². The molecule has 0 saturated heterocycles. The Labute approximate surface area is 117 Å². The van der Waals surface area contributed by atoms with Crippen LogP contribution in [0.1, 0.15) is 17.3 Å². The van der Waals surface area contributed by atoms with Crippen molar-refractivity contribution in [2.45, 2.75) is 12.2 Å². The molecule has 0 heterocycles. The molecule has 20 heavy (non-hydrogen) atoms. The highest BCUT2D eigenvalue weighted by atomic mass is 32.2. The predicted molar refractivity (Wildman–Crippen MR) is 77.0 cm³/mol. The van der Waals surface area contributed by atoms with Crippen molar-refractivity contribution in [3.8, 4) is 0 Å². The average molecular weight is 296 g/mol. The van der Waals surface area contributed by atoms with Crippen molar-refractivity contribution >= 4 is 27.3 Å². The quantitative estimate of drug-likeness (QED) is 0.754. The third-order valence-corrected chi connectivity index (χ3v) is 4.69. The van der Waals surface area contributed by atoms with Gasteiger partial charge in [-0.25, -0.2) is 8.42 Å². The Balaban J connectivity index is 2.80. The number of primary amides is 1. The van der Waals surface area contributed by atoms with Crippen LogP contribution >= 0.6 is 0 Å². The Morgan fingerprint density at radius 3 is 2.35 bits per heavy atom. The number of anilines is 1. The lowest BCUT2D eigenvalue weighted by Crippen LogP contribution is -2.33. The Bertz CT molecular complexity index is 620. The summed E-state index contributed by atoms with van der Waals surface area (Å²) < 4.78 is 23.4. The second-order valence-corrected chi connectivity index (χ2v) is 6.56. The van der Waals surface area contributed by atoms with Gasteiger partial charge in [-0.1, -0.05) is 6.08 Å². The molecule has 0 fully saturated rings. The van der Waals surface area contributed by atoms with E-state index in [2.05, 4.69) is 11.9 Å². The van der Waals surface area contributed by atoms with Crippen LogP contribution in [-0.2, 0) is 14.6 Å². The van der Waals surface area contributed by atoms with Crippen LogP contribution in [0, 0.1) is 0 Å². The molecule has 0 aliphatic carbocycles. The number of sulfone groups is 1. The molecule has 0 spiro atoms. The Morgan fingerprint density at radius 1 is 1.35 bits per heavy atom. The van der Waals surface area contributed by atoms with E-state index in [0.29, 0.717) is 11.3 Å². The molecule has 108 valence electrons. The standard InChI is InChI=1S/C13H16N2O4S/c1-3-8-20(18,19)9(2)13(17)15-11-6-4-10(5-7-11)12(14)16/h3-7,9H,1,8H2,2H3,(H2,14,16)(H,15,17). The molecule has 1 atom stereocenters. The van der Waals surface area contributed by atoms with E-state index < -0.39 is 26.9 Å². The van der Waals surface area contributed by atoms with Crippen molar-refractivity contribution in [1.82, 2.24) is 0 Å². The molecule has 1 unspecified atom stereocenters. The number of amides is 2. The molecule has 0 aromatic heterocycles. The normalized spacial score (nSPS) is 12.4. The van der Waals surface area contributed by atoms with Crippen LogP contribution < -0.4 is 11.1 Å². The van der Waals surface area contributed by atoms with Crippen molar-refractivity contribution in [3.63, 3.8) is 0 Å². The fourth-order valence-electron chi connectivity index (χ4n) is 1.43. The second kappa shape index (κ2) is 6.33. The molecule has 0 aliphatic rings. The van der Waals surface area contributed by atoms with E-state index in [4.69, 9.17) is 5.73 Å². The molecule has 1 rings (SSSR count). The lowest BCUT2D eigenvalue weighted by atomic mass is 10.2. The van der Waals surface area contributed by atoms with Crippen molar-refractivity contribution in [1.29, 1.82) is 0 Å². The summed E-state index contributed by atoms with van der Waals surface area (Å²) in [5.74, 6) is -1.48. The fourth-order valence-corrected chi connectivity index (χ4v) is 2.44. The van der Waals surface area contributed by atoms with Crippen LogP contribution in [0.3, 0.4) is 0 Å². The first-order valence-electron chi connectivity index (χ1n) is 5.81. The molecule has 1 aromatic rings. The highest BCUT2D eigenvalue weighted by Crippen LogP contribution is 2.11. The monoisotopic (exact) mass is 296 g/mol. The van der Waals surface area contributed by atoms with Crippen molar-refractivity contribution in [3.05, 3.63) is 42.5 Å². The molecular formula is C13H16N2O4S. The van der Waals surface area contributed by atoms with Gasteiger partial charge in [0.1, 0.15) is 5.25 Å². The minimum atomic E-state index is -3.56. The second-order valence-electron chi connectivity index (χ2n) is 4.19. The van der Waals surface area contributed by atoms with Gasteiger partial charge in [-0.15, -0.1) is 6.58 Å². The van der Waals surface area contributed by atoms with Gasteiger partial charge in [0.25, 0.3) is 0 Å². The lowest BCUT2D eigenvalue weighted by molar-refractivity contribution is -0.115. The highest BCUT2D eigenvalue weighted by molar-refractivity contribution is 7.92. The zero-order chi connectivity index (χ0) is 15.3. The van der Waals surface area contributed by atoms with Gasteiger partial charge in [0.15, 0.2) is 9.84 Å². The zero-order valence-corrected chi connectivity index (χ0v) is 11.8. The number of carbonyl (C=O) groups excluding carboxylic acids is 2.